The summed E-state index contributed by atoms with van der Waals surface area (Å²) in [6.07, 6.45) is 0.652. The number of anilines is 1. The molecule has 0 aliphatic carbocycles. The van der Waals surface area contributed by atoms with Gasteiger partial charge in [-0.05, 0) is 42.7 Å². The molecule has 134 valence electrons. The van der Waals surface area contributed by atoms with Crippen LogP contribution in [0.3, 0.4) is 0 Å². The monoisotopic (exact) mass is 345 g/mol. The number of hydrogen-bond donors (Lipinski definition) is 6. The molecule has 7 heteroatoms. The molecule has 2 amide bonds. The standard InChI is InChI=1S/C18H23N3O4/c19-18(25,14-7-8-16(23)13(11-14)12-22)9-4-10-20-17(24)21-15-5-2-1-3-6-15/h1-3,5-8,11,22-23,25H,4,9-10,12,19H2,(H2,20,21,24). The number of aliphatic hydroxyl groups is 2. The molecule has 0 bridgehead atoms. The van der Waals surface area contributed by atoms with Crippen molar-refractivity contribution >= 4 is 11.7 Å². The number of benzene rings is 2. The van der Waals surface area contributed by atoms with Gasteiger partial charge in [-0.2, -0.15) is 0 Å². The normalized spacial score (nSPS) is 13.1. The van der Waals surface area contributed by atoms with Crippen LogP contribution in [0.5, 0.6) is 5.75 Å². The molecule has 1 atom stereocenters. The molecule has 2 rings (SSSR count). The van der Waals surface area contributed by atoms with Gasteiger partial charge in [0, 0.05) is 17.8 Å². The van der Waals surface area contributed by atoms with E-state index in [1.807, 2.05) is 18.2 Å². The van der Waals surface area contributed by atoms with Gasteiger partial charge in [-0.25, -0.2) is 4.79 Å². The van der Waals surface area contributed by atoms with E-state index in [1.165, 1.54) is 18.2 Å². The Morgan fingerprint density at radius 2 is 1.88 bits per heavy atom. The van der Waals surface area contributed by atoms with E-state index in [0.29, 0.717) is 29.8 Å². The fourth-order valence-corrected chi connectivity index (χ4v) is 2.38. The molecule has 0 radical (unpaired) electrons. The molecule has 0 fully saturated rings. The minimum Gasteiger partial charge on any atom is -0.508 e. The first-order chi connectivity index (χ1) is 11.9. The number of hydrogen-bond acceptors (Lipinski definition) is 5. The molecule has 0 heterocycles. The van der Waals surface area contributed by atoms with Crippen LogP contribution in [0.1, 0.15) is 24.0 Å². The molecule has 0 spiro atoms. The second-order valence-corrected chi connectivity index (χ2v) is 5.78. The molecule has 0 saturated heterocycles. The van der Waals surface area contributed by atoms with E-state index in [-0.39, 0.29) is 24.8 Å². The number of aromatic hydroxyl groups is 1. The van der Waals surface area contributed by atoms with Crippen LogP contribution in [-0.2, 0) is 12.3 Å². The van der Waals surface area contributed by atoms with Crippen LogP contribution in [0, 0.1) is 0 Å². The number of aliphatic hydroxyl groups excluding tert-OH is 1. The van der Waals surface area contributed by atoms with Gasteiger partial charge in [0.25, 0.3) is 0 Å². The molecule has 2 aromatic rings. The highest BCUT2D eigenvalue weighted by atomic mass is 16.3. The van der Waals surface area contributed by atoms with E-state index in [0.717, 1.165) is 0 Å². The Labute approximate surface area is 146 Å². The van der Waals surface area contributed by atoms with Crippen LogP contribution in [0.25, 0.3) is 0 Å². The van der Waals surface area contributed by atoms with Gasteiger partial charge in [0.1, 0.15) is 11.5 Å². The molecule has 0 aliphatic heterocycles. The lowest BCUT2D eigenvalue weighted by Crippen LogP contribution is -2.38. The summed E-state index contributed by atoms with van der Waals surface area (Å²) in [4.78, 5) is 11.8. The Kier molecular flexibility index (Phi) is 6.35. The predicted molar refractivity (Wildman–Crippen MR) is 94.8 cm³/mol. The molecule has 0 aliphatic rings. The van der Waals surface area contributed by atoms with Gasteiger partial charge in [0.05, 0.1) is 6.61 Å². The molecule has 1 unspecified atom stereocenters. The largest absolute Gasteiger partial charge is 0.508 e. The maximum Gasteiger partial charge on any atom is 0.319 e. The Hall–Kier alpha value is -2.61. The van der Waals surface area contributed by atoms with Crippen LogP contribution in [0.15, 0.2) is 48.5 Å². The van der Waals surface area contributed by atoms with Crippen molar-refractivity contribution < 1.29 is 20.1 Å². The van der Waals surface area contributed by atoms with Crippen molar-refractivity contribution in [2.45, 2.75) is 25.2 Å². The highest BCUT2D eigenvalue weighted by Crippen LogP contribution is 2.26. The maximum absolute atomic E-state index is 11.8. The summed E-state index contributed by atoms with van der Waals surface area (Å²) in [5.74, 6) is -0.0544. The lowest BCUT2D eigenvalue weighted by atomic mass is 9.96. The van der Waals surface area contributed by atoms with Crippen LogP contribution in [-0.4, -0.2) is 27.9 Å². The highest BCUT2D eigenvalue weighted by Gasteiger charge is 2.24. The van der Waals surface area contributed by atoms with Crippen LogP contribution < -0.4 is 16.4 Å². The lowest BCUT2D eigenvalue weighted by Gasteiger charge is -2.24. The van der Waals surface area contributed by atoms with Gasteiger partial charge < -0.3 is 26.0 Å². The topological polar surface area (TPSA) is 128 Å². The zero-order valence-corrected chi connectivity index (χ0v) is 13.8. The smallest absolute Gasteiger partial charge is 0.319 e. The second-order valence-electron chi connectivity index (χ2n) is 5.78. The molecule has 0 saturated carbocycles. The number of nitrogens with one attached hydrogen (secondary N) is 2. The second kappa shape index (κ2) is 8.48. The number of phenols is 1. The van der Waals surface area contributed by atoms with Gasteiger partial charge in [0.2, 0.25) is 0 Å². The molecule has 7 nitrogen and oxygen atoms in total. The summed E-state index contributed by atoms with van der Waals surface area (Å²) < 4.78 is 0. The molecule has 0 aromatic heterocycles. The van der Waals surface area contributed by atoms with E-state index in [9.17, 15) is 15.0 Å². The third kappa shape index (κ3) is 5.46. The van der Waals surface area contributed by atoms with E-state index >= 15 is 0 Å². The first-order valence-electron chi connectivity index (χ1n) is 7.97. The first-order valence-corrected chi connectivity index (χ1v) is 7.97. The summed E-state index contributed by atoms with van der Waals surface area (Å²) in [6.45, 7) is -0.0138. The third-order valence-corrected chi connectivity index (χ3v) is 3.80. The fourth-order valence-electron chi connectivity index (χ4n) is 2.38. The Balaban J connectivity index is 1.81. The lowest BCUT2D eigenvalue weighted by molar-refractivity contribution is 0.0322. The Morgan fingerprint density at radius 3 is 2.56 bits per heavy atom. The van der Waals surface area contributed by atoms with Crippen molar-refractivity contribution in [3.05, 3.63) is 59.7 Å². The van der Waals surface area contributed by atoms with Crippen molar-refractivity contribution in [3.63, 3.8) is 0 Å². The Bertz CT molecular complexity index is 705. The molecule has 2 aromatic carbocycles. The van der Waals surface area contributed by atoms with Gasteiger partial charge >= 0.3 is 6.03 Å². The van der Waals surface area contributed by atoms with Crippen molar-refractivity contribution in [2.24, 2.45) is 5.73 Å². The van der Waals surface area contributed by atoms with Crippen molar-refractivity contribution in [2.75, 3.05) is 11.9 Å². The predicted octanol–water partition coefficient (Wildman–Crippen LogP) is 1.59. The summed E-state index contributed by atoms with van der Waals surface area (Å²) in [7, 11) is 0. The molecule has 25 heavy (non-hydrogen) atoms. The summed E-state index contributed by atoms with van der Waals surface area (Å²) in [6, 6.07) is 13.1. The van der Waals surface area contributed by atoms with Crippen LogP contribution in [0.4, 0.5) is 10.5 Å². The van der Waals surface area contributed by atoms with Gasteiger partial charge in [-0.3, -0.25) is 5.73 Å². The first kappa shape index (κ1) is 18.7. The number of amides is 2. The average molecular weight is 345 g/mol. The molecular formula is C18H23N3O4. The van der Waals surface area contributed by atoms with E-state index in [1.54, 1.807) is 12.1 Å². The fraction of sp³-hybridized carbons (Fsp3) is 0.278. The molecule has 7 N–H and O–H groups in total. The van der Waals surface area contributed by atoms with E-state index in [2.05, 4.69) is 10.6 Å². The summed E-state index contributed by atoms with van der Waals surface area (Å²) in [5.41, 5.74) is 5.68. The third-order valence-electron chi connectivity index (χ3n) is 3.80. The quantitative estimate of drug-likeness (QED) is 0.335. The SMILES string of the molecule is NC(O)(CCCNC(=O)Nc1ccccc1)c1ccc(O)c(CO)c1. The van der Waals surface area contributed by atoms with Crippen molar-refractivity contribution in [3.8, 4) is 5.75 Å². The number of para-hydroxylation sites is 1. The van der Waals surface area contributed by atoms with Crippen LogP contribution in [0.2, 0.25) is 0 Å². The number of nitrogens with two attached hydrogens (primary N) is 1. The number of rotatable bonds is 7. The number of carbonyl (C=O) groups is 1. The zero-order valence-electron chi connectivity index (χ0n) is 13.8. The minimum absolute atomic E-state index is 0.0544. The summed E-state index contributed by atoms with van der Waals surface area (Å²) >= 11 is 0. The average Bonchev–Trinajstić information content (AvgIpc) is 2.60. The number of urea groups is 1. The maximum atomic E-state index is 11.8. The van der Waals surface area contributed by atoms with E-state index in [4.69, 9.17) is 10.8 Å². The Morgan fingerprint density at radius 1 is 1.16 bits per heavy atom. The highest BCUT2D eigenvalue weighted by molar-refractivity contribution is 5.89. The number of carbonyl (C=O) groups excluding carboxylic acids is 1. The summed E-state index contributed by atoms with van der Waals surface area (Å²) in [5, 5.41) is 34.5. The van der Waals surface area contributed by atoms with Crippen LogP contribution >= 0.6 is 0 Å². The van der Waals surface area contributed by atoms with E-state index < -0.39 is 5.72 Å². The zero-order chi connectivity index (χ0) is 18.3. The minimum atomic E-state index is -1.62. The van der Waals surface area contributed by atoms with Gasteiger partial charge in [-0.15, -0.1) is 0 Å². The van der Waals surface area contributed by atoms with Gasteiger partial charge in [0.15, 0.2) is 0 Å². The van der Waals surface area contributed by atoms with Crippen molar-refractivity contribution in [1.29, 1.82) is 0 Å². The van der Waals surface area contributed by atoms with Gasteiger partial charge in [-0.1, -0.05) is 24.3 Å². The van der Waals surface area contributed by atoms with Crippen molar-refractivity contribution in [1.82, 2.24) is 5.32 Å². The molecular weight excluding hydrogens is 322 g/mol.